The van der Waals surface area contributed by atoms with Gasteiger partial charge in [0.25, 0.3) is 0 Å². The van der Waals surface area contributed by atoms with E-state index in [1.54, 1.807) is 31.5 Å². The first-order valence-electron chi connectivity index (χ1n) is 9.52. The van der Waals surface area contributed by atoms with Crippen LogP contribution in [0, 0.1) is 0 Å². The second kappa shape index (κ2) is 10.2. The van der Waals surface area contributed by atoms with Gasteiger partial charge in [0.15, 0.2) is 17.6 Å². The van der Waals surface area contributed by atoms with Crippen LogP contribution in [0.25, 0.3) is 0 Å². The summed E-state index contributed by atoms with van der Waals surface area (Å²) >= 11 is 0. The van der Waals surface area contributed by atoms with Gasteiger partial charge in [-0.15, -0.1) is 0 Å². The number of hydrogen-bond donors (Lipinski definition) is 1. The fourth-order valence-electron chi connectivity index (χ4n) is 2.67. The summed E-state index contributed by atoms with van der Waals surface area (Å²) < 4.78 is 21.8. The molecule has 0 saturated carbocycles. The highest BCUT2D eigenvalue weighted by Crippen LogP contribution is 2.32. The number of ether oxygens (including phenoxy) is 4. The molecule has 0 aliphatic carbocycles. The molecule has 0 bridgehead atoms. The van der Waals surface area contributed by atoms with Crippen LogP contribution in [0.4, 0.5) is 5.69 Å². The SMILES string of the molecule is COc1ccc(Oc2ccc(N=Cc3cccc(OC)c3O[C@@H](C)C(=O)O)cc2)cc1. The molecule has 160 valence electrons. The summed E-state index contributed by atoms with van der Waals surface area (Å²) in [6.45, 7) is 1.46. The van der Waals surface area contributed by atoms with Crippen LogP contribution in [0.15, 0.2) is 71.7 Å². The van der Waals surface area contributed by atoms with Gasteiger partial charge in [-0.2, -0.15) is 0 Å². The minimum atomic E-state index is -1.07. The summed E-state index contributed by atoms with van der Waals surface area (Å²) in [5, 5.41) is 9.15. The quantitative estimate of drug-likeness (QED) is 0.484. The van der Waals surface area contributed by atoms with E-state index in [2.05, 4.69) is 4.99 Å². The molecule has 3 aromatic rings. The van der Waals surface area contributed by atoms with E-state index in [-0.39, 0.29) is 0 Å². The maximum Gasteiger partial charge on any atom is 0.344 e. The van der Waals surface area contributed by atoms with Crippen LogP contribution in [0.2, 0.25) is 0 Å². The second-order valence-electron chi connectivity index (χ2n) is 6.51. The minimum Gasteiger partial charge on any atom is -0.497 e. The number of carboxylic acids is 1. The number of carbonyl (C=O) groups is 1. The van der Waals surface area contributed by atoms with Crippen molar-refractivity contribution in [2.75, 3.05) is 14.2 Å². The number of carboxylic acid groups (broad SMARTS) is 1. The molecule has 0 fully saturated rings. The van der Waals surface area contributed by atoms with Crippen molar-refractivity contribution in [1.29, 1.82) is 0 Å². The van der Waals surface area contributed by atoms with E-state index >= 15 is 0 Å². The summed E-state index contributed by atoms with van der Waals surface area (Å²) in [4.78, 5) is 15.6. The fraction of sp³-hybridized carbons (Fsp3) is 0.167. The Morgan fingerprint density at radius 1 is 0.903 bits per heavy atom. The van der Waals surface area contributed by atoms with Crippen LogP contribution in [0.3, 0.4) is 0 Å². The summed E-state index contributed by atoms with van der Waals surface area (Å²) in [6.07, 6.45) is 0.573. The van der Waals surface area contributed by atoms with Gasteiger partial charge in [0.2, 0.25) is 0 Å². The number of rotatable bonds is 9. The van der Waals surface area contributed by atoms with Gasteiger partial charge in [-0.3, -0.25) is 4.99 Å². The van der Waals surface area contributed by atoms with E-state index in [4.69, 9.17) is 24.1 Å². The van der Waals surface area contributed by atoms with Crippen molar-refractivity contribution in [1.82, 2.24) is 0 Å². The Bertz CT molecular complexity index is 1040. The molecule has 0 saturated heterocycles. The van der Waals surface area contributed by atoms with Gasteiger partial charge >= 0.3 is 5.97 Å². The molecule has 1 atom stereocenters. The highest BCUT2D eigenvalue weighted by molar-refractivity contribution is 5.87. The van der Waals surface area contributed by atoms with Gasteiger partial charge in [0.05, 0.1) is 19.9 Å². The van der Waals surface area contributed by atoms with Crippen molar-refractivity contribution in [2.24, 2.45) is 4.99 Å². The number of para-hydroxylation sites is 1. The predicted molar refractivity (Wildman–Crippen MR) is 117 cm³/mol. The summed E-state index contributed by atoms with van der Waals surface area (Å²) in [6, 6.07) is 19.8. The lowest BCUT2D eigenvalue weighted by Crippen LogP contribution is -2.23. The third kappa shape index (κ3) is 5.76. The molecule has 0 unspecified atom stereocenters. The van der Waals surface area contributed by atoms with Gasteiger partial charge in [-0.05, 0) is 67.6 Å². The maximum atomic E-state index is 11.2. The topological polar surface area (TPSA) is 86.6 Å². The van der Waals surface area contributed by atoms with Gasteiger partial charge in [0.1, 0.15) is 17.2 Å². The molecule has 0 aromatic heterocycles. The Hall–Kier alpha value is -4.00. The van der Waals surface area contributed by atoms with Crippen LogP contribution in [-0.2, 0) is 4.79 Å². The van der Waals surface area contributed by atoms with Crippen LogP contribution in [-0.4, -0.2) is 37.6 Å². The highest BCUT2D eigenvalue weighted by Gasteiger charge is 2.17. The predicted octanol–water partition coefficient (Wildman–Crippen LogP) is 5.10. The molecule has 0 aliphatic rings. The van der Waals surface area contributed by atoms with Crippen LogP contribution in [0.1, 0.15) is 12.5 Å². The summed E-state index contributed by atoms with van der Waals surface area (Å²) in [7, 11) is 3.11. The molecule has 7 nitrogen and oxygen atoms in total. The maximum absolute atomic E-state index is 11.2. The average Bonchev–Trinajstić information content (AvgIpc) is 2.79. The monoisotopic (exact) mass is 421 g/mol. The third-order valence-corrected chi connectivity index (χ3v) is 4.36. The lowest BCUT2D eigenvalue weighted by Gasteiger charge is -2.15. The van der Waals surface area contributed by atoms with Crippen molar-refractivity contribution in [3.8, 4) is 28.7 Å². The summed E-state index contributed by atoms with van der Waals surface area (Å²) in [5.74, 6) is 1.81. The molecule has 0 amide bonds. The number of aliphatic imine (C=N–C) groups is 1. The van der Waals surface area contributed by atoms with Crippen molar-refractivity contribution >= 4 is 17.9 Å². The Morgan fingerprint density at radius 2 is 1.52 bits per heavy atom. The zero-order valence-electron chi connectivity index (χ0n) is 17.4. The van der Waals surface area contributed by atoms with E-state index in [0.717, 1.165) is 5.75 Å². The zero-order valence-corrected chi connectivity index (χ0v) is 17.4. The molecule has 7 heteroatoms. The van der Waals surface area contributed by atoms with Gasteiger partial charge in [-0.25, -0.2) is 4.79 Å². The zero-order chi connectivity index (χ0) is 22.2. The Balaban J connectivity index is 1.74. The first-order valence-corrected chi connectivity index (χ1v) is 9.52. The minimum absolute atomic E-state index is 0.322. The van der Waals surface area contributed by atoms with Crippen LogP contribution >= 0.6 is 0 Å². The van der Waals surface area contributed by atoms with Gasteiger partial charge in [-0.1, -0.05) is 6.07 Å². The first-order chi connectivity index (χ1) is 15.0. The Kier molecular flexibility index (Phi) is 7.11. The molecule has 1 N–H and O–H groups in total. The Morgan fingerprint density at radius 3 is 2.10 bits per heavy atom. The first kappa shape index (κ1) is 21.7. The highest BCUT2D eigenvalue weighted by atomic mass is 16.5. The van der Waals surface area contributed by atoms with Crippen molar-refractivity contribution < 1.29 is 28.8 Å². The molecular formula is C24H23NO6. The largest absolute Gasteiger partial charge is 0.497 e. The molecular weight excluding hydrogens is 398 g/mol. The number of aliphatic carboxylic acids is 1. The van der Waals surface area contributed by atoms with E-state index in [1.165, 1.54) is 14.0 Å². The van der Waals surface area contributed by atoms with E-state index in [1.807, 2.05) is 48.5 Å². The number of benzene rings is 3. The van der Waals surface area contributed by atoms with E-state index < -0.39 is 12.1 Å². The molecule has 31 heavy (non-hydrogen) atoms. The van der Waals surface area contributed by atoms with E-state index in [0.29, 0.717) is 34.2 Å². The number of hydrogen-bond acceptors (Lipinski definition) is 6. The molecule has 0 spiro atoms. The second-order valence-corrected chi connectivity index (χ2v) is 6.51. The smallest absolute Gasteiger partial charge is 0.344 e. The van der Waals surface area contributed by atoms with Crippen LogP contribution < -0.4 is 18.9 Å². The summed E-state index contributed by atoms with van der Waals surface area (Å²) in [5.41, 5.74) is 1.30. The van der Waals surface area contributed by atoms with Crippen LogP contribution in [0.5, 0.6) is 28.7 Å². The van der Waals surface area contributed by atoms with Crippen molar-refractivity contribution in [2.45, 2.75) is 13.0 Å². The number of methoxy groups -OCH3 is 2. The van der Waals surface area contributed by atoms with Crippen molar-refractivity contribution in [3.63, 3.8) is 0 Å². The molecule has 0 radical (unpaired) electrons. The Labute approximate surface area is 180 Å². The number of nitrogens with zero attached hydrogens (tertiary/aromatic N) is 1. The molecule has 3 aromatic carbocycles. The molecule has 0 aliphatic heterocycles. The fourth-order valence-corrected chi connectivity index (χ4v) is 2.67. The average molecular weight is 421 g/mol. The third-order valence-electron chi connectivity index (χ3n) is 4.36. The molecule has 0 heterocycles. The standard InChI is InChI=1S/C24H23NO6/c1-16(24(26)27)30-23-17(5-4-6-22(23)29-3)15-25-18-7-9-20(10-8-18)31-21-13-11-19(28-2)12-14-21/h4-16H,1-3H3,(H,26,27)/t16-/m0/s1. The molecule has 3 rings (SSSR count). The van der Waals surface area contributed by atoms with Gasteiger partial charge in [0, 0.05) is 11.8 Å². The van der Waals surface area contributed by atoms with Crippen molar-refractivity contribution in [3.05, 3.63) is 72.3 Å². The van der Waals surface area contributed by atoms with Gasteiger partial charge < -0.3 is 24.1 Å². The normalized spacial score (nSPS) is 11.7. The lowest BCUT2D eigenvalue weighted by atomic mass is 10.2. The van der Waals surface area contributed by atoms with E-state index in [9.17, 15) is 4.79 Å². The lowest BCUT2D eigenvalue weighted by molar-refractivity contribution is -0.144.